The third-order valence-corrected chi connectivity index (χ3v) is 11.0. The Hall–Kier alpha value is -3.14. The number of primary amides is 1. The van der Waals surface area contributed by atoms with Crippen molar-refractivity contribution in [2.75, 3.05) is 26.2 Å². The lowest BCUT2D eigenvalue weighted by atomic mass is 9.83. The van der Waals surface area contributed by atoms with Crippen LogP contribution in [0, 0.1) is 22.7 Å². The Bertz CT molecular complexity index is 1360. The lowest BCUT2D eigenvalue weighted by Gasteiger charge is -2.37. The minimum Gasteiger partial charge on any atom is -0.363 e. The molecule has 2 aliphatic rings. The predicted molar refractivity (Wildman–Crippen MR) is 209 cm³/mol. The second kappa shape index (κ2) is 20.5. The maximum absolute atomic E-state index is 14.4. The molecule has 2 rings (SSSR count). The number of likely N-dealkylation sites (tertiary alicyclic amines) is 1. The zero-order valence-corrected chi connectivity index (χ0v) is 34.4. The van der Waals surface area contributed by atoms with Crippen LogP contribution in [0.3, 0.4) is 0 Å². The normalized spacial score (nSPS) is 20.4. The van der Waals surface area contributed by atoms with Crippen molar-refractivity contribution in [1.29, 1.82) is 0 Å². The highest BCUT2D eigenvalue weighted by Crippen LogP contribution is 2.32. The first-order valence-corrected chi connectivity index (χ1v) is 20.0. The van der Waals surface area contributed by atoms with Crippen molar-refractivity contribution in [3.8, 4) is 0 Å². The molecule has 7 N–H and O–H groups in total. The summed E-state index contributed by atoms with van der Waals surface area (Å²) in [5.41, 5.74) is 5.19. The first kappa shape index (κ1) is 46.0. The number of nitrogens with one attached hydrogen (secondary N) is 4. The summed E-state index contributed by atoms with van der Waals surface area (Å²) >= 11 is -2.10. The van der Waals surface area contributed by atoms with Gasteiger partial charge in [0.2, 0.25) is 28.9 Å². The fraction of sp³-hybridized carbons (Fsp3) is 0.763. The molecule has 0 radical (unpaired) electrons. The molecule has 1 saturated heterocycles. The third kappa shape index (κ3) is 14.6. The molecule has 1 aliphatic heterocycles. The standard InChI is InChI=1S/C38H67N7O7S/c1-24(2)22-27-18-20-44(30(27)34(48)41-28(31(46)33(39)47)17-12-11-14-26-15-13-16-26)35(49)32(38(8,9)10)43-36(50)42-29(37(5,6)7)23-40-19-21-45(25(3)4)53(51)52/h11-12,22,25-30,32,40H,13-21,23H2,1-10H3,(H2,39,47)(H,41,48)(H,51,52)(H2,42,43,50)/b12-11+/t27-,28?,29-,30+,32-/m1/s1. The summed E-state index contributed by atoms with van der Waals surface area (Å²) in [6.07, 6.45) is 10.7. The van der Waals surface area contributed by atoms with Gasteiger partial charge in [0.05, 0.1) is 0 Å². The summed E-state index contributed by atoms with van der Waals surface area (Å²) in [6, 6.07) is -4.24. The quantitative estimate of drug-likeness (QED) is 0.0497. The molecule has 0 aromatic heterocycles. The molecule has 0 bridgehead atoms. The molecule has 2 fully saturated rings. The first-order chi connectivity index (χ1) is 24.5. The van der Waals surface area contributed by atoms with Gasteiger partial charge >= 0.3 is 6.03 Å². The number of nitrogens with two attached hydrogens (primary N) is 1. The van der Waals surface area contributed by atoms with Crippen LogP contribution in [0.1, 0.15) is 108 Å². The number of rotatable bonds is 19. The van der Waals surface area contributed by atoms with Gasteiger partial charge in [0.15, 0.2) is 0 Å². The molecule has 0 aromatic rings. The van der Waals surface area contributed by atoms with Crippen LogP contribution in [0.4, 0.5) is 4.79 Å². The molecule has 5 amide bonds. The van der Waals surface area contributed by atoms with E-state index in [9.17, 15) is 32.7 Å². The van der Waals surface area contributed by atoms with Crippen LogP contribution < -0.4 is 27.0 Å². The number of ketones is 1. The van der Waals surface area contributed by atoms with Crippen LogP contribution in [-0.2, 0) is 30.4 Å². The van der Waals surface area contributed by atoms with Gasteiger partial charge in [-0.1, -0.05) is 84.6 Å². The summed E-state index contributed by atoms with van der Waals surface area (Å²) in [4.78, 5) is 68.4. The molecule has 302 valence electrons. The Balaban J connectivity index is 2.27. The SMILES string of the molecule is CC(C)=C[C@H]1CCN(C(=O)[C@@H](NC(=O)N[C@H](CNCCN(C(C)C)S(=O)O)C(C)(C)C)C(C)(C)C)[C@@H]1C(=O)NC(C/C=C/CC1CCC1)C(=O)C(N)=O. The molecular weight excluding hydrogens is 699 g/mol. The number of urea groups is 1. The van der Waals surface area contributed by atoms with E-state index < -0.39 is 64.3 Å². The van der Waals surface area contributed by atoms with Gasteiger partial charge < -0.3 is 31.9 Å². The average Bonchev–Trinajstić information content (AvgIpc) is 3.42. The fourth-order valence-electron chi connectivity index (χ4n) is 6.58. The monoisotopic (exact) mass is 765 g/mol. The van der Waals surface area contributed by atoms with Crippen molar-refractivity contribution in [2.24, 2.45) is 28.4 Å². The Morgan fingerprint density at radius 3 is 2.09 bits per heavy atom. The van der Waals surface area contributed by atoms with Gasteiger partial charge in [0.25, 0.3) is 5.91 Å². The maximum atomic E-state index is 14.4. The van der Waals surface area contributed by atoms with E-state index in [-0.39, 0.29) is 36.4 Å². The van der Waals surface area contributed by atoms with Crippen LogP contribution in [0.25, 0.3) is 0 Å². The Morgan fingerprint density at radius 2 is 1.60 bits per heavy atom. The number of allylic oxidation sites excluding steroid dienone is 2. The van der Waals surface area contributed by atoms with E-state index in [1.165, 1.54) is 15.6 Å². The Kier molecular flexibility index (Phi) is 17.8. The molecule has 1 saturated carbocycles. The second-order valence-electron chi connectivity index (χ2n) is 17.2. The van der Waals surface area contributed by atoms with E-state index in [1.54, 1.807) is 6.08 Å². The van der Waals surface area contributed by atoms with Crippen LogP contribution in [-0.4, -0.2) is 104 Å². The van der Waals surface area contributed by atoms with E-state index in [0.717, 1.165) is 24.8 Å². The number of Topliss-reactive ketones (excluding diaryl/α,β-unsaturated/α-hetero) is 1. The lowest BCUT2D eigenvalue weighted by molar-refractivity contribution is -0.143. The molecule has 2 unspecified atom stereocenters. The lowest BCUT2D eigenvalue weighted by Crippen LogP contribution is -2.62. The molecule has 1 heterocycles. The molecule has 0 spiro atoms. The largest absolute Gasteiger partial charge is 0.363 e. The zero-order valence-electron chi connectivity index (χ0n) is 33.6. The van der Waals surface area contributed by atoms with Crippen molar-refractivity contribution >= 4 is 40.8 Å². The highest BCUT2D eigenvalue weighted by atomic mass is 32.2. The van der Waals surface area contributed by atoms with Gasteiger partial charge in [0.1, 0.15) is 18.1 Å². The van der Waals surface area contributed by atoms with Crippen molar-refractivity contribution in [1.82, 2.24) is 30.5 Å². The number of amides is 5. The van der Waals surface area contributed by atoms with E-state index in [2.05, 4.69) is 21.3 Å². The van der Waals surface area contributed by atoms with Crippen molar-refractivity contribution in [2.45, 2.75) is 138 Å². The highest BCUT2D eigenvalue weighted by Gasteiger charge is 2.46. The average molecular weight is 766 g/mol. The van der Waals surface area contributed by atoms with E-state index in [1.807, 2.05) is 81.4 Å². The van der Waals surface area contributed by atoms with Gasteiger partial charge in [-0.3, -0.25) is 23.7 Å². The van der Waals surface area contributed by atoms with Gasteiger partial charge in [-0.05, 0) is 63.7 Å². The van der Waals surface area contributed by atoms with Gasteiger partial charge in [0, 0.05) is 44.2 Å². The van der Waals surface area contributed by atoms with Crippen LogP contribution in [0.2, 0.25) is 0 Å². The van der Waals surface area contributed by atoms with Crippen LogP contribution in [0.15, 0.2) is 23.8 Å². The highest BCUT2D eigenvalue weighted by molar-refractivity contribution is 7.76. The third-order valence-electron chi connectivity index (χ3n) is 10.0. The molecule has 14 nitrogen and oxygen atoms in total. The smallest absolute Gasteiger partial charge is 0.315 e. The number of carbonyl (C=O) groups excluding carboxylic acids is 5. The number of nitrogens with zero attached hydrogens (tertiary/aromatic N) is 2. The minimum atomic E-state index is -2.10. The number of carbonyl (C=O) groups is 5. The Labute approximate surface area is 319 Å². The molecule has 6 atom stereocenters. The molecule has 1 aliphatic carbocycles. The molecule has 0 aromatic carbocycles. The van der Waals surface area contributed by atoms with Crippen molar-refractivity contribution in [3.05, 3.63) is 23.8 Å². The summed E-state index contributed by atoms with van der Waals surface area (Å²) in [6.45, 7) is 20.3. The summed E-state index contributed by atoms with van der Waals surface area (Å²) in [5, 5.41) is 11.9. The molecule has 53 heavy (non-hydrogen) atoms. The predicted octanol–water partition coefficient (Wildman–Crippen LogP) is 3.41. The van der Waals surface area contributed by atoms with Gasteiger partial charge in [-0.25, -0.2) is 9.00 Å². The van der Waals surface area contributed by atoms with Crippen LogP contribution >= 0.6 is 0 Å². The van der Waals surface area contributed by atoms with E-state index in [0.29, 0.717) is 32.0 Å². The zero-order chi connectivity index (χ0) is 40.3. The number of hydrogen-bond acceptors (Lipinski definition) is 7. The number of hydrogen-bond donors (Lipinski definition) is 6. The summed E-state index contributed by atoms with van der Waals surface area (Å²) in [7, 11) is 0. The van der Waals surface area contributed by atoms with Gasteiger partial charge in [-0.15, -0.1) is 0 Å². The topological polar surface area (TPSA) is 203 Å². The first-order valence-electron chi connectivity index (χ1n) is 18.9. The molecular formula is C38H67N7O7S. The molecule has 15 heteroatoms. The minimum absolute atomic E-state index is 0.0985. The van der Waals surface area contributed by atoms with Gasteiger partial charge in [-0.2, -0.15) is 4.31 Å². The second-order valence-corrected chi connectivity index (χ2v) is 18.1. The summed E-state index contributed by atoms with van der Waals surface area (Å²) in [5.74, 6) is -2.80. The van der Waals surface area contributed by atoms with E-state index >= 15 is 0 Å². The Morgan fingerprint density at radius 1 is 0.962 bits per heavy atom. The van der Waals surface area contributed by atoms with Crippen molar-refractivity contribution < 1.29 is 32.7 Å². The van der Waals surface area contributed by atoms with Crippen LogP contribution in [0.5, 0.6) is 0 Å². The maximum Gasteiger partial charge on any atom is 0.315 e. The summed E-state index contributed by atoms with van der Waals surface area (Å²) < 4.78 is 22.7. The fourth-order valence-corrected chi connectivity index (χ4v) is 7.19. The van der Waals surface area contributed by atoms with E-state index in [4.69, 9.17) is 5.73 Å². The van der Waals surface area contributed by atoms with Crippen molar-refractivity contribution in [3.63, 3.8) is 0 Å².